The molecule has 6 heteroatoms. The number of benzene rings is 1. The van der Waals surface area contributed by atoms with E-state index in [0.29, 0.717) is 19.0 Å². The molecule has 2 heterocycles. The molecule has 2 aliphatic heterocycles. The lowest BCUT2D eigenvalue weighted by atomic mass is 9.87. The summed E-state index contributed by atoms with van der Waals surface area (Å²) in [6, 6.07) is 9.04. The smallest absolute Gasteiger partial charge is 0.247 e. The van der Waals surface area contributed by atoms with E-state index in [1.54, 1.807) is 4.90 Å². The minimum absolute atomic E-state index is 0. The quantitative estimate of drug-likeness (QED) is 0.871. The minimum Gasteiger partial charge on any atom is -0.352 e. The van der Waals surface area contributed by atoms with Crippen molar-refractivity contribution in [1.82, 2.24) is 15.5 Å². The van der Waals surface area contributed by atoms with E-state index in [1.807, 2.05) is 37.3 Å². The van der Waals surface area contributed by atoms with E-state index in [2.05, 4.69) is 10.6 Å². The van der Waals surface area contributed by atoms with Crippen LogP contribution in [0.15, 0.2) is 30.3 Å². The molecule has 2 fully saturated rings. The Hall–Kier alpha value is -1.59. The number of hydrogen-bond donors (Lipinski definition) is 2. The monoisotopic (exact) mass is 323 g/mol. The molecule has 1 aromatic rings. The van der Waals surface area contributed by atoms with Crippen LogP contribution in [0.5, 0.6) is 0 Å². The summed E-state index contributed by atoms with van der Waals surface area (Å²) < 4.78 is 0. The predicted octanol–water partition coefficient (Wildman–Crippen LogP) is 0.963. The largest absolute Gasteiger partial charge is 0.352 e. The lowest BCUT2D eigenvalue weighted by molar-refractivity contribution is -0.148. The average molecular weight is 324 g/mol. The average Bonchev–Trinajstić information content (AvgIpc) is 2.45. The van der Waals surface area contributed by atoms with Crippen molar-refractivity contribution in [3.05, 3.63) is 35.9 Å². The molecule has 3 rings (SSSR count). The molecule has 2 atom stereocenters. The van der Waals surface area contributed by atoms with Gasteiger partial charge in [0.15, 0.2) is 0 Å². The first-order chi connectivity index (χ1) is 10.2. The van der Waals surface area contributed by atoms with Crippen molar-refractivity contribution >= 4 is 24.2 Å². The van der Waals surface area contributed by atoms with Gasteiger partial charge in [0.05, 0.1) is 0 Å². The van der Waals surface area contributed by atoms with Crippen LogP contribution in [0.25, 0.3) is 0 Å². The molecule has 0 bridgehead atoms. The summed E-state index contributed by atoms with van der Waals surface area (Å²) in [5.41, 5.74) is 0.877. The van der Waals surface area contributed by atoms with E-state index in [4.69, 9.17) is 0 Å². The van der Waals surface area contributed by atoms with Crippen LogP contribution in [0, 0.1) is 11.8 Å². The van der Waals surface area contributed by atoms with Crippen molar-refractivity contribution in [3.8, 4) is 0 Å². The Kier molecular flexibility index (Phi) is 5.42. The molecule has 0 aliphatic carbocycles. The Bertz CT molecular complexity index is 533. The SMILES string of the molecule is CC(C(=O)N1CCNC(=O)C1c1ccccc1)C1CNC1.Cl. The van der Waals surface area contributed by atoms with Gasteiger partial charge in [0.2, 0.25) is 11.8 Å². The first-order valence-electron chi connectivity index (χ1n) is 7.52. The van der Waals surface area contributed by atoms with E-state index >= 15 is 0 Å². The lowest BCUT2D eigenvalue weighted by Crippen LogP contribution is -2.56. The zero-order valence-corrected chi connectivity index (χ0v) is 13.4. The molecule has 120 valence electrons. The fourth-order valence-electron chi connectivity index (χ4n) is 3.00. The van der Waals surface area contributed by atoms with Gasteiger partial charge in [0.1, 0.15) is 6.04 Å². The van der Waals surface area contributed by atoms with Gasteiger partial charge in [-0.1, -0.05) is 37.3 Å². The Labute approximate surface area is 136 Å². The summed E-state index contributed by atoms with van der Waals surface area (Å²) in [4.78, 5) is 26.8. The standard InChI is InChI=1S/C16H21N3O2.ClH/c1-11(13-9-17-10-13)16(21)19-8-7-18-15(20)14(19)12-5-3-2-4-6-12;/h2-6,11,13-14,17H,7-10H2,1H3,(H,18,20);1H. The van der Waals surface area contributed by atoms with Crippen molar-refractivity contribution in [2.75, 3.05) is 26.2 Å². The first-order valence-corrected chi connectivity index (χ1v) is 7.52. The number of carbonyl (C=O) groups is 2. The van der Waals surface area contributed by atoms with Crippen LogP contribution < -0.4 is 10.6 Å². The number of nitrogens with zero attached hydrogens (tertiary/aromatic N) is 1. The molecule has 2 saturated heterocycles. The van der Waals surface area contributed by atoms with Gasteiger partial charge >= 0.3 is 0 Å². The van der Waals surface area contributed by atoms with E-state index in [-0.39, 0.29) is 30.1 Å². The number of halogens is 1. The molecular weight excluding hydrogens is 302 g/mol. The van der Waals surface area contributed by atoms with Gasteiger partial charge in [0, 0.05) is 19.0 Å². The Morgan fingerprint density at radius 3 is 2.55 bits per heavy atom. The normalized spacial score (nSPS) is 23.0. The molecule has 2 N–H and O–H groups in total. The minimum atomic E-state index is -0.497. The molecule has 2 amide bonds. The van der Waals surface area contributed by atoms with Gasteiger partial charge in [-0.25, -0.2) is 0 Å². The predicted molar refractivity (Wildman–Crippen MR) is 86.7 cm³/mol. The van der Waals surface area contributed by atoms with E-state index in [0.717, 1.165) is 18.7 Å². The molecule has 2 unspecified atom stereocenters. The van der Waals surface area contributed by atoms with Crippen molar-refractivity contribution < 1.29 is 9.59 Å². The van der Waals surface area contributed by atoms with Gasteiger partial charge in [0.25, 0.3) is 0 Å². The highest BCUT2D eigenvalue weighted by Crippen LogP contribution is 2.27. The van der Waals surface area contributed by atoms with Crippen LogP contribution in [0.1, 0.15) is 18.5 Å². The van der Waals surface area contributed by atoms with Gasteiger partial charge < -0.3 is 15.5 Å². The van der Waals surface area contributed by atoms with Crippen LogP contribution in [-0.4, -0.2) is 42.9 Å². The third kappa shape index (κ3) is 3.10. The van der Waals surface area contributed by atoms with E-state index in [9.17, 15) is 9.59 Å². The van der Waals surface area contributed by atoms with Gasteiger partial charge in [-0.05, 0) is 24.6 Å². The maximum Gasteiger partial charge on any atom is 0.247 e. The zero-order chi connectivity index (χ0) is 14.8. The first kappa shape index (κ1) is 16.8. The van der Waals surface area contributed by atoms with Crippen LogP contribution in [0.4, 0.5) is 0 Å². The fourth-order valence-corrected chi connectivity index (χ4v) is 3.00. The summed E-state index contributed by atoms with van der Waals surface area (Å²) in [5, 5.41) is 6.07. The van der Waals surface area contributed by atoms with E-state index in [1.165, 1.54) is 0 Å². The molecule has 0 radical (unpaired) electrons. The summed E-state index contributed by atoms with van der Waals surface area (Å²) in [6.45, 7) is 4.87. The zero-order valence-electron chi connectivity index (χ0n) is 12.6. The molecular formula is C16H22ClN3O2. The van der Waals surface area contributed by atoms with Crippen molar-refractivity contribution in [2.24, 2.45) is 11.8 Å². The molecule has 0 spiro atoms. The Morgan fingerprint density at radius 2 is 1.95 bits per heavy atom. The van der Waals surface area contributed by atoms with Crippen molar-refractivity contribution in [3.63, 3.8) is 0 Å². The Morgan fingerprint density at radius 1 is 1.27 bits per heavy atom. The second-order valence-electron chi connectivity index (χ2n) is 5.84. The Balaban J connectivity index is 0.00000176. The summed E-state index contributed by atoms with van der Waals surface area (Å²) in [7, 11) is 0. The van der Waals surface area contributed by atoms with Gasteiger partial charge in [-0.15, -0.1) is 12.4 Å². The number of carbonyl (C=O) groups excluding carboxylic acids is 2. The maximum atomic E-state index is 12.8. The summed E-state index contributed by atoms with van der Waals surface area (Å²) in [5.74, 6) is 0.354. The summed E-state index contributed by atoms with van der Waals surface area (Å²) in [6.07, 6.45) is 0. The molecule has 0 aromatic heterocycles. The highest BCUT2D eigenvalue weighted by atomic mass is 35.5. The highest BCUT2D eigenvalue weighted by Gasteiger charge is 2.39. The van der Waals surface area contributed by atoms with Crippen LogP contribution in [0.3, 0.4) is 0 Å². The topological polar surface area (TPSA) is 61.4 Å². The second-order valence-corrected chi connectivity index (χ2v) is 5.84. The van der Waals surface area contributed by atoms with Gasteiger partial charge in [-0.2, -0.15) is 0 Å². The third-order valence-corrected chi connectivity index (χ3v) is 4.52. The molecule has 22 heavy (non-hydrogen) atoms. The molecule has 2 aliphatic rings. The highest BCUT2D eigenvalue weighted by molar-refractivity contribution is 5.90. The third-order valence-electron chi connectivity index (χ3n) is 4.52. The van der Waals surface area contributed by atoms with Crippen LogP contribution in [0.2, 0.25) is 0 Å². The molecule has 1 aromatic carbocycles. The second kappa shape index (κ2) is 7.11. The van der Waals surface area contributed by atoms with E-state index < -0.39 is 6.04 Å². The van der Waals surface area contributed by atoms with Crippen LogP contribution in [-0.2, 0) is 9.59 Å². The van der Waals surface area contributed by atoms with Gasteiger partial charge in [-0.3, -0.25) is 9.59 Å². The lowest BCUT2D eigenvalue weighted by Gasteiger charge is -2.40. The fraction of sp³-hybridized carbons (Fsp3) is 0.500. The number of piperazine rings is 1. The number of hydrogen-bond acceptors (Lipinski definition) is 3. The van der Waals surface area contributed by atoms with Crippen LogP contribution >= 0.6 is 12.4 Å². The number of amides is 2. The number of rotatable bonds is 3. The number of nitrogens with one attached hydrogen (secondary N) is 2. The summed E-state index contributed by atoms with van der Waals surface area (Å²) >= 11 is 0. The van der Waals surface area contributed by atoms with Crippen molar-refractivity contribution in [1.29, 1.82) is 0 Å². The van der Waals surface area contributed by atoms with Crippen molar-refractivity contribution in [2.45, 2.75) is 13.0 Å². The maximum absolute atomic E-state index is 12.8. The molecule has 0 saturated carbocycles. The molecule has 5 nitrogen and oxygen atoms in total.